The molecule has 0 bridgehead atoms. The zero-order chi connectivity index (χ0) is 32.8. The van der Waals surface area contributed by atoms with E-state index >= 15 is 0 Å². The van der Waals surface area contributed by atoms with E-state index in [4.69, 9.17) is 16.2 Å². The molecule has 1 aromatic rings. The molecule has 0 saturated carbocycles. The van der Waals surface area contributed by atoms with Crippen LogP contribution in [0.4, 0.5) is 5.69 Å². The van der Waals surface area contributed by atoms with E-state index in [1.165, 1.54) is 6.92 Å². The van der Waals surface area contributed by atoms with Gasteiger partial charge in [0.25, 0.3) is 0 Å². The Morgan fingerprint density at radius 2 is 1.64 bits per heavy atom. The fourth-order valence-electron chi connectivity index (χ4n) is 4.31. The number of unbranched alkanes of at least 4 members (excludes halogenated alkanes) is 1. The van der Waals surface area contributed by atoms with Crippen LogP contribution in [0, 0.1) is 5.92 Å². The van der Waals surface area contributed by atoms with Gasteiger partial charge in [0, 0.05) is 12.1 Å². The van der Waals surface area contributed by atoms with Gasteiger partial charge < -0.3 is 47.9 Å². The summed E-state index contributed by atoms with van der Waals surface area (Å²) in [5, 5.41) is 22.2. The van der Waals surface area contributed by atoms with E-state index in [0.29, 0.717) is 37.1 Å². The molecule has 44 heavy (non-hydrogen) atoms. The third-order valence-electron chi connectivity index (χ3n) is 7.00. The van der Waals surface area contributed by atoms with Crippen LogP contribution >= 0.6 is 0 Å². The largest absolute Gasteiger partial charge is 0.464 e. The van der Waals surface area contributed by atoms with E-state index in [1.807, 2.05) is 0 Å². The molecule has 0 unspecified atom stereocenters. The Kier molecular flexibility index (Phi) is 14.7. The summed E-state index contributed by atoms with van der Waals surface area (Å²) >= 11 is 0. The summed E-state index contributed by atoms with van der Waals surface area (Å²) in [5.74, 6) is -4.04. The maximum Gasteiger partial charge on any atom is 0.328 e. The first-order valence-corrected chi connectivity index (χ1v) is 14.7. The normalized spacial score (nSPS) is 17.1. The van der Waals surface area contributed by atoms with Crippen LogP contribution in [0.25, 0.3) is 0 Å². The molecule has 15 nitrogen and oxygen atoms in total. The highest BCUT2D eigenvalue weighted by Gasteiger charge is 2.32. The third-order valence-corrected chi connectivity index (χ3v) is 7.00. The number of esters is 1. The molecule has 1 aliphatic rings. The molecule has 1 saturated heterocycles. The number of hydrogen-bond acceptors (Lipinski definition) is 10. The monoisotopic (exact) mass is 619 g/mol. The number of carbonyl (C=O) groups is 6. The Hall–Kier alpha value is -4.08. The second-order valence-electron chi connectivity index (χ2n) is 11.0. The van der Waals surface area contributed by atoms with E-state index < -0.39 is 72.1 Å². The number of nitrogens with one attached hydrogen (secondary N) is 5. The lowest BCUT2D eigenvalue weighted by atomic mass is 10.0. The van der Waals surface area contributed by atoms with Gasteiger partial charge in [0.05, 0.1) is 25.7 Å². The number of rotatable bonds is 17. The Bertz CT molecular complexity index is 1160. The summed E-state index contributed by atoms with van der Waals surface area (Å²) < 4.78 is 4.80. The molecule has 244 valence electrons. The molecular weight excluding hydrogens is 574 g/mol. The molecule has 5 amide bonds. The summed E-state index contributed by atoms with van der Waals surface area (Å²) in [5.41, 5.74) is 12.7. The zero-order valence-corrected chi connectivity index (χ0v) is 25.4. The summed E-state index contributed by atoms with van der Waals surface area (Å²) in [6.07, 6.45) is 1.17. The van der Waals surface area contributed by atoms with Crippen LogP contribution in [0.2, 0.25) is 0 Å². The van der Waals surface area contributed by atoms with Gasteiger partial charge in [-0.3, -0.25) is 24.0 Å². The Morgan fingerprint density at radius 1 is 0.955 bits per heavy atom. The van der Waals surface area contributed by atoms with Gasteiger partial charge in [-0.15, -0.1) is 0 Å². The number of nitrogens with two attached hydrogens (primary N) is 2. The predicted octanol–water partition coefficient (Wildman–Crippen LogP) is -1.47. The van der Waals surface area contributed by atoms with Gasteiger partial charge in [0.1, 0.15) is 24.2 Å². The van der Waals surface area contributed by atoms with Crippen LogP contribution in [0.3, 0.4) is 0 Å². The summed E-state index contributed by atoms with van der Waals surface area (Å²) in [4.78, 5) is 75.8. The number of aliphatic hydroxyl groups excluding tert-OH is 1. The van der Waals surface area contributed by atoms with Crippen molar-refractivity contribution in [1.29, 1.82) is 0 Å². The Morgan fingerprint density at radius 3 is 2.20 bits per heavy atom. The molecule has 0 aliphatic carbocycles. The van der Waals surface area contributed by atoms with Crippen molar-refractivity contribution in [2.75, 3.05) is 18.5 Å². The standard InChI is InChI=1S/C29H45N7O8/c1-16(2)24(28(42)32-17(3)25(39)33-19-9-7-18(15-37)8-10-19)36-27(41)21(6-4-5-12-30)35-26(40)20(31)14-23(38)34-22-11-13-44-29(22)43/h7-10,16-17,20-22,24,37H,4-6,11-15,30-31H2,1-3H3,(H,32,42)(H,33,39)(H,34,38)(H,35,40)(H,36,41)/t17-,20-,21-,22-,24-/m0/s1. The second-order valence-corrected chi connectivity index (χ2v) is 11.0. The van der Waals surface area contributed by atoms with Crippen molar-refractivity contribution in [3.05, 3.63) is 29.8 Å². The smallest absolute Gasteiger partial charge is 0.328 e. The molecule has 1 aliphatic heterocycles. The number of cyclic esters (lactones) is 1. The van der Waals surface area contributed by atoms with Crippen molar-refractivity contribution >= 4 is 41.2 Å². The first kappa shape index (κ1) is 36.1. The summed E-state index contributed by atoms with van der Waals surface area (Å²) in [6, 6.07) is 1.39. The molecule has 1 fully saturated rings. The van der Waals surface area contributed by atoms with Gasteiger partial charge in [-0.1, -0.05) is 26.0 Å². The van der Waals surface area contributed by atoms with E-state index in [0.717, 1.165) is 0 Å². The van der Waals surface area contributed by atoms with Gasteiger partial charge in [0.2, 0.25) is 29.5 Å². The quantitative estimate of drug-likeness (QED) is 0.0743. The van der Waals surface area contributed by atoms with Crippen molar-refractivity contribution in [3.63, 3.8) is 0 Å². The predicted molar refractivity (Wildman–Crippen MR) is 160 cm³/mol. The van der Waals surface area contributed by atoms with Crippen LogP contribution in [0.15, 0.2) is 24.3 Å². The average Bonchev–Trinajstić information content (AvgIpc) is 3.38. The van der Waals surface area contributed by atoms with Crippen molar-refractivity contribution in [1.82, 2.24) is 21.3 Å². The molecule has 15 heteroatoms. The minimum atomic E-state index is -1.30. The zero-order valence-electron chi connectivity index (χ0n) is 25.4. The lowest BCUT2D eigenvalue weighted by Crippen LogP contribution is -2.58. The molecule has 10 N–H and O–H groups in total. The number of anilines is 1. The molecule has 0 aromatic heterocycles. The number of amides is 5. The maximum atomic E-state index is 13.3. The molecule has 5 atom stereocenters. The summed E-state index contributed by atoms with van der Waals surface area (Å²) in [6.45, 7) is 5.36. The van der Waals surface area contributed by atoms with E-state index in [2.05, 4.69) is 26.6 Å². The number of aliphatic hydroxyl groups is 1. The van der Waals surface area contributed by atoms with Gasteiger partial charge in [-0.25, -0.2) is 4.79 Å². The van der Waals surface area contributed by atoms with Gasteiger partial charge >= 0.3 is 5.97 Å². The van der Waals surface area contributed by atoms with E-state index in [1.54, 1.807) is 38.1 Å². The van der Waals surface area contributed by atoms with Gasteiger partial charge in [-0.05, 0) is 56.3 Å². The second kappa shape index (κ2) is 17.9. The molecule has 1 aromatic carbocycles. The van der Waals surface area contributed by atoms with Crippen molar-refractivity contribution in [3.8, 4) is 0 Å². The average molecular weight is 620 g/mol. The van der Waals surface area contributed by atoms with E-state index in [9.17, 15) is 33.9 Å². The van der Waals surface area contributed by atoms with Crippen LogP contribution in [-0.2, 0) is 40.1 Å². The highest BCUT2D eigenvalue weighted by atomic mass is 16.5. The molecule has 0 radical (unpaired) electrons. The number of benzene rings is 1. The van der Waals surface area contributed by atoms with Crippen LogP contribution in [-0.4, -0.2) is 84.0 Å². The topological polar surface area (TPSA) is 244 Å². The highest BCUT2D eigenvalue weighted by Crippen LogP contribution is 2.11. The number of ether oxygens (including phenoxy) is 1. The fourth-order valence-corrected chi connectivity index (χ4v) is 4.31. The molecule has 2 rings (SSSR count). The number of hydrogen-bond donors (Lipinski definition) is 8. The Balaban J connectivity index is 2.00. The molecule has 0 spiro atoms. The third kappa shape index (κ3) is 11.5. The molecule has 1 heterocycles. The lowest BCUT2D eigenvalue weighted by Gasteiger charge is -2.27. The van der Waals surface area contributed by atoms with Gasteiger partial charge in [-0.2, -0.15) is 0 Å². The minimum Gasteiger partial charge on any atom is -0.464 e. The fraction of sp³-hybridized carbons (Fsp3) is 0.586. The van der Waals surface area contributed by atoms with Crippen molar-refractivity contribution < 1.29 is 38.6 Å². The van der Waals surface area contributed by atoms with Crippen molar-refractivity contribution in [2.24, 2.45) is 17.4 Å². The van der Waals surface area contributed by atoms with Gasteiger partial charge in [0.15, 0.2) is 0 Å². The lowest BCUT2D eigenvalue weighted by molar-refractivity contribution is -0.141. The van der Waals surface area contributed by atoms with Crippen molar-refractivity contribution in [2.45, 2.75) is 89.7 Å². The van der Waals surface area contributed by atoms with Crippen LogP contribution in [0.5, 0.6) is 0 Å². The molecular formula is C29H45N7O8. The summed E-state index contributed by atoms with van der Waals surface area (Å²) in [7, 11) is 0. The highest BCUT2D eigenvalue weighted by molar-refractivity contribution is 5.99. The maximum absolute atomic E-state index is 13.3. The van der Waals surface area contributed by atoms with Crippen LogP contribution < -0.4 is 38.1 Å². The van der Waals surface area contributed by atoms with E-state index in [-0.39, 0.29) is 25.6 Å². The Labute approximate surface area is 256 Å². The first-order valence-electron chi connectivity index (χ1n) is 14.7. The SMILES string of the molecule is CC(C)[C@H](NC(=O)[C@H](CCCCN)NC(=O)[C@@H](N)CC(=O)N[C@H]1CCOC1=O)C(=O)N[C@@H](C)C(=O)Nc1ccc(CO)cc1. The van der Waals surface area contributed by atoms with Crippen LogP contribution in [0.1, 0.15) is 58.4 Å². The minimum absolute atomic E-state index is 0.135. The first-order chi connectivity index (χ1) is 20.9. The number of carbonyl (C=O) groups excluding carboxylic acids is 6.